The highest BCUT2D eigenvalue weighted by atomic mass is 79.9. The molecule has 1 aliphatic heterocycles. The van der Waals surface area contributed by atoms with Crippen LogP contribution < -0.4 is 4.74 Å². The summed E-state index contributed by atoms with van der Waals surface area (Å²) in [4.78, 5) is 10.8. The van der Waals surface area contributed by atoms with E-state index in [2.05, 4.69) is 42.2 Å². The number of non-ortho nitro benzene ring substituents is 1. The highest BCUT2D eigenvalue weighted by Gasteiger charge is 2.50. The molecule has 2 unspecified atom stereocenters. The van der Waals surface area contributed by atoms with Crippen LogP contribution in [0.2, 0.25) is 0 Å². The molecule has 6 nitrogen and oxygen atoms in total. The maximum Gasteiger partial charge on any atom is 0.269 e. The number of hydrogen-bond donors (Lipinski definition) is 0. The predicted octanol–water partition coefficient (Wildman–Crippen LogP) is 5.64. The second kappa shape index (κ2) is 7.00. The van der Waals surface area contributed by atoms with E-state index in [1.54, 1.807) is 12.1 Å². The van der Waals surface area contributed by atoms with E-state index >= 15 is 0 Å². The Bertz CT molecular complexity index is 1190. The van der Waals surface area contributed by atoms with Gasteiger partial charge in [0, 0.05) is 23.1 Å². The average molecular weight is 501 g/mol. The molecule has 0 fully saturated rings. The molecule has 1 aliphatic rings. The zero-order chi connectivity index (χ0) is 19.9. The number of rotatable bonds is 2. The molecule has 138 valence electrons. The smallest absolute Gasteiger partial charge is 0.269 e. The van der Waals surface area contributed by atoms with Gasteiger partial charge in [-0.2, -0.15) is 9.28 Å². The van der Waals surface area contributed by atoms with Crippen molar-refractivity contribution in [3.8, 4) is 11.8 Å². The number of nitrogens with zero attached hydrogens (tertiary/aromatic N) is 3. The number of halogens is 2. The Morgan fingerprint density at radius 3 is 2.68 bits per heavy atom. The average Bonchev–Trinajstić information content (AvgIpc) is 2.73. The number of nitro groups is 1. The van der Waals surface area contributed by atoms with Crippen LogP contribution in [-0.4, -0.2) is 15.1 Å². The van der Waals surface area contributed by atoms with Crippen molar-refractivity contribution in [3.63, 3.8) is 0 Å². The highest BCUT2D eigenvalue weighted by molar-refractivity contribution is 9.10. The van der Waals surface area contributed by atoms with Crippen molar-refractivity contribution in [3.05, 3.63) is 81.9 Å². The SMILES string of the molecule is N#CC1(Br)C(=NBr)Oc2c(ccc3ccccc23)C1c1cccc([N+](=O)[O-])c1. The molecule has 0 saturated carbocycles. The van der Waals surface area contributed by atoms with E-state index in [0.29, 0.717) is 11.3 Å². The van der Waals surface area contributed by atoms with Crippen LogP contribution >= 0.6 is 32.1 Å². The molecule has 0 amide bonds. The van der Waals surface area contributed by atoms with Gasteiger partial charge in [-0.25, -0.2) is 0 Å². The van der Waals surface area contributed by atoms with E-state index in [1.807, 2.05) is 36.4 Å². The van der Waals surface area contributed by atoms with Gasteiger partial charge in [-0.1, -0.05) is 64.5 Å². The fourth-order valence-electron chi connectivity index (χ4n) is 3.53. The summed E-state index contributed by atoms with van der Waals surface area (Å²) in [5, 5.41) is 23.1. The first kappa shape index (κ1) is 18.6. The minimum atomic E-state index is -1.33. The second-order valence-corrected chi connectivity index (χ2v) is 7.91. The van der Waals surface area contributed by atoms with Crippen LogP contribution in [0.3, 0.4) is 0 Å². The van der Waals surface area contributed by atoms with E-state index in [0.717, 1.165) is 16.3 Å². The van der Waals surface area contributed by atoms with Gasteiger partial charge in [0.05, 0.1) is 33.1 Å². The van der Waals surface area contributed by atoms with E-state index in [-0.39, 0.29) is 11.6 Å². The van der Waals surface area contributed by atoms with Crippen LogP contribution in [-0.2, 0) is 0 Å². The van der Waals surface area contributed by atoms with Crippen molar-refractivity contribution in [2.75, 3.05) is 0 Å². The summed E-state index contributed by atoms with van der Waals surface area (Å²) in [7, 11) is 0. The van der Waals surface area contributed by atoms with Gasteiger partial charge >= 0.3 is 0 Å². The molecule has 4 rings (SSSR count). The summed E-state index contributed by atoms with van der Waals surface area (Å²) < 4.78 is 8.71. The number of hydrogen-bond acceptors (Lipinski definition) is 5. The molecular weight excluding hydrogens is 490 g/mol. The largest absolute Gasteiger partial charge is 0.439 e. The Hall–Kier alpha value is -2.76. The molecule has 3 aromatic rings. The lowest BCUT2D eigenvalue weighted by atomic mass is 9.78. The van der Waals surface area contributed by atoms with Crippen LogP contribution in [0.15, 0.2) is 64.7 Å². The van der Waals surface area contributed by atoms with E-state index in [4.69, 9.17) is 4.74 Å². The van der Waals surface area contributed by atoms with Crippen molar-refractivity contribution >= 4 is 54.4 Å². The van der Waals surface area contributed by atoms with Crippen molar-refractivity contribution in [1.82, 2.24) is 0 Å². The van der Waals surface area contributed by atoms with Gasteiger partial charge in [0.2, 0.25) is 5.90 Å². The molecule has 0 bridgehead atoms. The Morgan fingerprint density at radius 2 is 1.96 bits per heavy atom. The van der Waals surface area contributed by atoms with E-state index < -0.39 is 15.2 Å². The van der Waals surface area contributed by atoms with Crippen molar-refractivity contribution in [1.29, 1.82) is 5.26 Å². The number of benzene rings is 3. The molecule has 3 aromatic carbocycles. The van der Waals surface area contributed by atoms with Gasteiger partial charge in [0.25, 0.3) is 5.69 Å². The summed E-state index contributed by atoms with van der Waals surface area (Å²) in [6.07, 6.45) is 0. The van der Waals surface area contributed by atoms with Gasteiger partial charge in [-0.15, -0.1) is 0 Å². The van der Waals surface area contributed by atoms with Gasteiger partial charge in [0.1, 0.15) is 5.75 Å². The first-order valence-electron chi connectivity index (χ1n) is 8.23. The molecule has 0 spiro atoms. The quantitative estimate of drug-likeness (QED) is 0.259. The first-order chi connectivity index (χ1) is 13.5. The lowest BCUT2D eigenvalue weighted by Crippen LogP contribution is -2.44. The summed E-state index contributed by atoms with van der Waals surface area (Å²) in [5.41, 5.74) is 1.31. The topological polar surface area (TPSA) is 88.5 Å². The fraction of sp³-hybridized carbons (Fsp3) is 0.100. The summed E-state index contributed by atoms with van der Waals surface area (Å²) in [5.74, 6) is 0.149. The Morgan fingerprint density at radius 1 is 1.18 bits per heavy atom. The standard InChI is InChI=1S/C20H11Br2N3O3/c21-20(11-23)17(13-5-3-6-14(10-13)25(26)27)16-9-8-12-4-1-2-7-15(12)18(16)28-19(20)24-22/h1-10,17H. The Labute approximate surface area is 177 Å². The third kappa shape index (κ3) is 2.79. The Balaban J connectivity index is 2.05. The van der Waals surface area contributed by atoms with Gasteiger partial charge in [0.15, 0.2) is 4.32 Å². The summed E-state index contributed by atoms with van der Waals surface area (Å²) >= 11 is 6.56. The number of fused-ring (bicyclic) bond motifs is 3. The molecule has 1 heterocycles. The molecule has 0 N–H and O–H groups in total. The third-order valence-electron chi connectivity index (χ3n) is 4.78. The normalized spacial score (nSPS) is 22.3. The lowest BCUT2D eigenvalue weighted by Gasteiger charge is -2.36. The van der Waals surface area contributed by atoms with Gasteiger partial charge in [-0.3, -0.25) is 10.1 Å². The first-order valence-corrected chi connectivity index (χ1v) is 9.73. The van der Waals surface area contributed by atoms with Gasteiger partial charge < -0.3 is 4.74 Å². The van der Waals surface area contributed by atoms with E-state index in [9.17, 15) is 15.4 Å². The van der Waals surface area contributed by atoms with Crippen molar-refractivity contribution < 1.29 is 9.66 Å². The minimum Gasteiger partial charge on any atom is -0.439 e. The molecular formula is C20H11Br2N3O3. The second-order valence-electron chi connectivity index (χ2n) is 6.31. The Kier molecular flexibility index (Phi) is 4.65. The van der Waals surface area contributed by atoms with Crippen LogP contribution in [0, 0.1) is 21.4 Å². The molecule has 0 radical (unpaired) electrons. The zero-order valence-corrected chi connectivity index (χ0v) is 17.3. The van der Waals surface area contributed by atoms with Crippen LogP contribution in [0.1, 0.15) is 17.0 Å². The number of nitriles is 1. The predicted molar refractivity (Wildman–Crippen MR) is 113 cm³/mol. The van der Waals surface area contributed by atoms with Crippen LogP contribution in [0.5, 0.6) is 5.75 Å². The fourth-order valence-corrected chi connectivity index (χ4v) is 4.80. The molecule has 28 heavy (non-hydrogen) atoms. The molecule has 8 heteroatoms. The molecule has 0 aromatic heterocycles. The molecule has 0 aliphatic carbocycles. The third-order valence-corrected chi connectivity index (χ3v) is 6.08. The summed E-state index contributed by atoms with van der Waals surface area (Å²) in [6, 6.07) is 20.1. The number of nitro benzene ring substituents is 1. The number of ether oxygens (including phenoxy) is 1. The van der Waals surface area contributed by atoms with Crippen LogP contribution in [0.25, 0.3) is 10.8 Å². The van der Waals surface area contributed by atoms with Gasteiger partial charge in [-0.05, 0) is 10.9 Å². The van der Waals surface area contributed by atoms with E-state index in [1.165, 1.54) is 12.1 Å². The minimum absolute atomic E-state index is 0.0450. The monoisotopic (exact) mass is 499 g/mol. The molecule has 2 atom stereocenters. The highest BCUT2D eigenvalue weighted by Crippen LogP contribution is 2.51. The van der Waals surface area contributed by atoms with Crippen LogP contribution in [0.4, 0.5) is 5.69 Å². The van der Waals surface area contributed by atoms with Crippen molar-refractivity contribution in [2.45, 2.75) is 10.2 Å². The lowest BCUT2D eigenvalue weighted by molar-refractivity contribution is -0.384. The maximum atomic E-state index is 11.3. The van der Waals surface area contributed by atoms with Crippen molar-refractivity contribution in [2.24, 2.45) is 4.02 Å². The number of alkyl halides is 1. The summed E-state index contributed by atoms with van der Waals surface area (Å²) in [6.45, 7) is 0. The molecule has 0 saturated heterocycles. The zero-order valence-electron chi connectivity index (χ0n) is 14.2. The maximum absolute atomic E-state index is 11.3.